The van der Waals surface area contributed by atoms with Gasteiger partial charge in [0.1, 0.15) is 11.9 Å². The van der Waals surface area contributed by atoms with Gasteiger partial charge in [-0.3, -0.25) is 9.59 Å². The Morgan fingerprint density at radius 2 is 2.04 bits per heavy atom. The molecule has 1 rings (SSSR count). The van der Waals surface area contributed by atoms with Gasteiger partial charge in [0, 0.05) is 0 Å². The molecule has 1 aromatic rings. The Kier molecular flexibility index (Phi) is 7.18. The van der Waals surface area contributed by atoms with E-state index in [9.17, 15) is 23.9 Å². The molecule has 0 aliphatic rings. The fraction of sp³-hybridized carbons (Fsp3) is 0.438. The molecule has 0 aliphatic carbocycles. The summed E-state index contributed by atoms with van der Waals surface area (Å²) < 4.78 is 17.8. The van der Waals surface area contributed by atoms with Crippen molar-refractivity contribution in [2.75, 3.05) is 6.61 Å². The zero-order valence-corrected chi connectivity index (χ0v) is 13.0. The number of halogens is 1. The molecule has 2 N–H and O–H groups in total. The van der Waals surface area contributed by atoms with Crippen LogP contribution in [0, 0.1) is 11.7 Å². The van der Waals surface area contributed by atoms with Gasteiger partial charge in [-0.05, 0) is 30.5 Å². The van der Waals surface area contributed by atoms with Crippen LogP contribution in [-0.4, -0.2) is 35.6 Å². The lowest BCUT2D eigenvalue weighted by molar-refractivity contribution is -0.147. The average Bonchev–Trinajstić information content (AvgIpc) is 2.44. The number of carboxylic acid groups (broad SMARTS) is 1. The number of esters is 1. The fourth-order valence-electron chi connectivity index (χ4n) is 2.10. The lowest BCUT2D eigenvalue weighted by Gasteiger charge is -2.20. The highest BCUT2D eigenvalue weighted by Crippen LogP contribution is 2.11. The number of benzene rings is 1. The molecular formula is C16H20FNO5. The van der Waals surface area contributed by atoms with E-state index in [2.05, 4.69) is 5.32 Å². The first-order valence-corrected chi connectivity index (χ1v) is 7.25. The standard InChI is InChI=1S/C16H20FNO5/c1-3-23-14(20)7-10(2)15(16(21)22)18-13(19)9-11-5-4-6-12(17)8-11/h4-6,8,10,15H,3,7,9H2,1-2H3,(H,18,19)(H,21,22)/t10-,15-/m1/s1. The van der Waals surface area contributed by atoms with Crippen LogP contribution in [0.5, 0.6) is 0 Å². The Morgan fingerprint density at radius 1 is 1.35 bits per heavy atom. The van der Waals surface area contributed by atoms with Gasteiger partial charge in [0.25, 0.3) is 0 Å². The second kappa shape index (κ2) is 8.87. The molecule has 0 heterocycles. The second-order valence-corrected chi connectivity index (χ2v) is 5.18. The van der Waals surface area contributed by atoms with Crippen LogP contribution in [0.2, 0.25) is 0 Å². The zero-order valence-electron chi connectivity index (χ0n) is 13.0. The van der Waals surface area contributed by atoms with Crippen LogP contribution in [0.25, 0.3) is 0 Å². The van der Waals surface area contributed by atoms with E-state index in [0.717, 1.165) is 0 Å². The van der Waals surface area contributed by atoms with Crippen LogP contribution >= 0.6 is 0 Å². The van der Waals surface area contributed by atoms with Crippen molar-refractivity contribution in [3.05, 3.63) is 35.6 Å². The van der Waals surface area contributed by atoms with Gasteiger partial charge in [0.15, 0.2) is 0 Å². The number of aliphatic carboxylic acids is 1. The summed E-state index contributed by atoms with van der Waals surface area (Å²) in [5.41, 5.74) is 0.435. The van der Waals surface area contributed by atoms with E-state index in [0.29, 0.717) is 5.56 Å². The van der Waals surface area contributed by atoms with Gasteiger partial charge in [-0.15, -0.1) is 0 Å². The first-order valence-electron chi connectivity index (χ1n) is 7.25. The van der Waals surface area contributed by atoms with E-state index in [1.807, 2.05) is 0 Å². The minimum atomic E-state index is -1.24. The molecule has 126 valence electrons. The quantitative estimate of drug-likeness (QED) is 0.707. The van der Waals surface area contributed by atoms with Crippen molar-refractivity contribution in [2.24, 2.45) is 5.92 Å². The molecule has 0 aromatic heterocycles. The third-order valence-electron chi connectivity index (χ3n) is 3.20. The van der Waals surface area contributed by atoms with E-state index >= 15 is 0 Å². The van der Waals surface area contributed by atoms with E-state index < -0.39 is 35.6 Å². The van der Waals surface area contributed by atoms with Crippen molar-refractivity contribution in [1.29, 1.82) is 0 Å². The van der Waals surface area contributed by atoms with E-state index in [-0.39, 0.29) is 19.4 Å². The van der Waals surface area contributed by atoms with Crippen LogP contribution in [-0.2, 0) is 25.5 Å². The molecule has 0 aliphatic heterocycles. The number of ether oxygens (including phenoxy) is 1. The van der Waals surface area contributed by atoms with Crippen LogP contribution in [0.15, 0.2) is 24.3 Å². The van der Waals surface area contributed by atoms with Gasteiger partial charge in [0.05, 0.1) is 19.4 Å². The van der Waals surface area contributed by atoms with Gasteiger partial charge >= 0.3 is 11.9 Å². The molecule has 0 spiro atoms. The number of carbonyl (C=O) groups is 3. The Hall–Kier alpha value is -2.44. The highest BCUT2D eigenvalue weighted by atomic mass is 19.1. The predicted octanol–water partition coefficient (Wildman–Crippen LogP) is 1.53. The number of hydrogen-bond donors (Lipinski definition) is 2. The first-order chi connectivity index (χ1) is 10.8. The van der Waals surface area contributed by atoms with Crippen molar-refractivity contribution in [1.82, 2.24) is 5.32 Å². The maximum absolute atomic E-state index is 13.1. The van der Waals surface area contributed by atoms with Gasteiger partial charge < -0.3 is 15.2 Å². The number of hydrogen-bond acceptors (Lipinski definition) is 4. The van der Waals surface area contributed by atoms with Gasteiger partial charge in [0.2, 0.25) is 5.91 Å². The maximum Gasteiger partial charge on any atom is 0.326 e. The fourth-order valence-corrected chi connectivity index (χ4v) is 2.10. The number of carboxylic acids is 1. The minimum Gasteiger partial charge on any atom is -0.480 e. The van der Waals surface area contributed by atoms with Crippen molar-refractivity contribution in [2.45, 2.75) is 32.7 Å². The van der Waals surface area contributed by atoms with Crippen LogP contribution < -0.4 is 5.32 Å². The second-order valence-electron chi connectivity index (χ2n) is 5.18. The molecular weight excluding hydrogens is 305 g/mol. The van der Waals surface area contributed by atoms with Crippen molar-refractivity contribution >= 4 is 17.8 Å². The third-order valence-corrected chi connectivity index (χ3v) is 3.20. The number of carbonyl (C=O) groups excluding carboxylic acids is 2. The number of rotatable bonds is 8. The lowest BCUT2D eigenvalue weighted by Crippen LogP contribution is -2.46. The highest BCUT2D eigenvalue weighted by Gasteiger charge is 2.28. The van der Waals surface area contributed by atoms with E-state index in [4.69, 9.17) is 4.74 Å². The largest absolute Gasteiger partial charge is 0.480 e. The van der Waals surface area contributed by atoms with E-state index in [1.165, 1.54) is 25.1 Å². The summed E-state index contributed by atoms with van der Waals surface area (Å²) in [5, 5.41) is 11.6. The molecule has 0 fully saturated rings. The molecule has 2 atom stereocenters. The Balaban J connectivity index is 2.66. The zero-order chi connectivity index (χ0) is 17.4. The van der Waals surface area contributed by atoms with Gasteiger partial charge in [-0.25, -0.2) is 9.18 Å². The Bertz CT molecular complexity index is 575. The number of amides is 1. The van der Waals surface area contributed by atoms with E-state index in [1.54, 1.807) is 13.0 Å². The lowest BCUT2D eigenvalue weighted by atomic mass is 9.98. The molecule has 23 heavy (non-hydrogen) atoms. The Morgan fingerprint density at radius 3 is 2.61 bits per heavy atom. The van der Waals surface area contributed by atoms with Gasteiger partial charge in [-0.2, -0.15) is 0 Å². The molecule has 1 amide bonds. The summed E-state index contributed by atoms with van der Waals surface area (Å²) in [7, 11) is 0. The summed E-state index contributed by atoms with van der Waals surface area (Å²) in [4.78, 5) is 34.7. The predicted molar refractivity (Wildman–Crippen MR) is 80.1 cm³/mol. The van der Waals surface area contributed by atoms with Gasteiger partial charge in [-0.1, -0.05) is 19.1 Å². The van der Waals surface area contributed by atoms with Crippen LogP contribution in [0.3, 0.4) is 0 Å². The summed E-state index contributed by atoms with van der Waals surface area (Å²) in [5.74, 6) is -3.43. The summed E-state index contributed by atoms with van der Waals surface area (Å²) in [6.45, 7) is 3.39. The Labute approximate surface area is 133 Å². The third kappa shape index (κ3) is 6.46. The summed E-state index contributed by atoms with van der Waals surface area (Å²) in [6.07, 6.45) is -0.265. The number of nitrogens with one attached hydrogen (secondary N) is 1. The SMILES string of the molecule is CCOC(=O)C[C@@H](C)[C@@H](NC(=O)Cc1cccc(F)c1)C(=O)O. The highest BCUT2D eigenvalue weighted by molar-refractivity contribution is 5.85. The monoisotopic (exact) mass is 325 g/mol. The smallest absolute Gasteiger partial charge is 0.326 e. The van der Waals surface area contributed by atoms with Crippen LogP contribution in [0.4, 0.5) is 4.39 Å². The molecule has 0 saturated heterocycles. The molecule has 0 bridgehead atoms. The normalized spacial score (nSPS) is 13.0. The summed E-state index contributed by atoms with van der Waals surface area (Å²) in [6, 6.07) is 4.27. The molecule has 6 nitrogen and oxygen atoms in total. The molecule has 7 heteroatoms. The molecule has 0 unspecified atom stereocenters. The molecule has 0 radical (unpaired) electrons. The summed E-state index contributed by atoms with van der Waals surface area (Å²) >= 11 is 0. The van der Waals surface area contributed by atoms with Crippen molar-refractivity contribution < 1.29 is 28.6 Å². The average molecular weight is 325 g/mol. The minimum absolute atomic E-state index is 0.120. The topological polar surface area (TPSA) is 92.7 Å². The van der Waals surface area contributed by atoms with Crippen molar-refractivity contribution in [3.8, 4) is 0 Å². The maximum atomic E-state index is 13.1. The van der Waals surface area contributed by atoms with Crippen LogP contribution in [0.1, 0.15) is 25.8 Å². The van der Waals surface area contributed by atoms with Crippen molar-refractivity contribution in [3.63, 3.8) is 0 Å². The molecule has 1 aromatic carbocycles. The molecule has 0 saturated carbocycles. The first kappa shape index (κ1) is 18.6.